The number of carbonyl (C=O) groups excluding carboxylic acids is 1. The van der Waals surface area contributed by atoms with Crippen molar-refractivity contribution in [2.24, 2.45) is 0 Å². The number of pyridine rings is 1. The Morgan fingerprint density at radius 1 is 1.35 bits per heavy atom. The van der Waals surface area contributed by atoms with E-state index in [-0.39, 0.29) is 12.3 Å². The Balaban J connectivity index is 1.85. The Labute approximate surface area is 116 Å². The van der Waals surface area contributed by atoms with E-state index in [0.717, 1.165) is 5.56 Å². The number of hydrogen-bond donors (Lipinski definition) is 2. The van der Waals surface area contributed by atoms with Crippen LogP contribution in [0.2, 0.25) is 0 Å². The molecule has 1 aromatic heterocycles. The van der Waals surface area contributed by atoms with Gasteiger partial charge in [0, 0.05) is 18.9 Å². The molecule has 104 valence electrons. The largest absolute Gasteiger partial charge is 0.388 e. The lowest BCUT2D eigenvalue weighted by atomic mass is 10.1. The van der Waals surface area contributed by atoms with Gasteiger partial charge in [-0.05, 0) is 29.3 Å². The molecule has 2 rings (SSSR count). The van der Waals surface area contributed by atoms with Crippen LogP contribution >= 0.6 is 0 Å². The monoisotopic (exact) mass is 274 g/mol. The van der Waals surface area contributed by atoms with Gasteiger partial charge in [-0.25, -0.2) is 4.39 Å². The third kappa shape index (κ3) is 4.13. The lowest BCUT2D eigenvalue weighted by Gasteiger charge is -2.11. The minimum absolute atomic E-state index is 0.107. The van der Waals surface area contributed by atoms with Crippen LogP contribution in [0.3, 0.4) is 0 Å². The zero-order valence-electron chi connectivity index (χ0n) is 10.8. The first-order valence-electron chi connectivity index (χ1n) is 6.24. The van der Waals surface area contributed by atoms with E-state index in [0.29, 0.717) is 12.1 Å². The lowest BCUT2D eigenvalue weighted by molar-refractivity contribution is -0.123. The Bertz CT molecular complexity index is 575. The molecule has 5 heteroatoms. The van der Waals surface area contributed by atoms with Gasteiger partial charge in [0.2, 0.25) is 5.91 Å². The quantitative estimate of drug-likeness (QED) is 0.876. The number of nitrogens with one attached hydrogen (secondary N) is 1. The van der Waals surface area contributed by atoms with E-state index in [1.54, 1.807) is 24.5 Å². The fourth-order valence-corrected chi connectivity index (χ4v) is 1.78. The fourth-order valence-electron chi connectivity index (χ4n) is 1.78. The molecule has 0 aliphatic rings. The summed E-state index contributed by atoms with van der Waals surface area (Å²) in [6, 6.07) is 9.22. The summed E-state index contributed by atoms with van der Waals surface area (Å²) < 4.78 is 13.0. The van der Waals surface area contributed by atoms with Crippen LogP contribution in [0.1, 0.15) is 23.7 Å². The van der Waals surface area contributed by atoms with Crippen LogP contribution in [-0.2, 0) is 11.3 Å². The van der Waals surface area contributed by atoms with E-state index in [4.69, 9.17) is 0 Å². The van der Waals surface area contributed by atoms with Crippen LogP contribution in [0.5, 0.6) is 0 Å². The number of carbonyl (C=O) groups is 1. The highest BCUT2D eigenvalue weighted by molar-refractivity contribution is 5.76. The molecule has 0 aliphatic carbocycles. The van der Waals surface area contributed by atoms with Crippen molar-refractivity contribution in [3.8, 4) is 0 Å². The molecule has 1 atom stereocenters. The first-order chi connectivity index (χ1) is 9.65. The summed E-state index contributed by atoms with van der Waals surface area (Å²) in [5.41, 5.74) is 1.27. The molecule has 0 saturated heterocycles. The van der Waals surface area contributed by atoms with Gasteiger partial charge in [0.25, 0.3) is 0 Å². The van der Waals surface area contributed by atoms with Gasteiger partial charge in [-0.2, -0.15) is 0 Å². The summed E-state index contributed by atoms with van der Waals surface area (Å²) in [5, 5.41) is 12.6. The predicted octanol–water partition coefficient (Wildman–Crippen LogP) is 1.96. The van der Waals surface area contributed by atoms with E-state index in [2.05, 4.69) is 10.3 Å². The van der Waals surface area contributed by atoms with E-state index in [1.807, 2.05) is 6.07 Å². The molecule has 4 nitrogen and oxygen atoms in total. The van der Waals surface area contributed by atoms with Crippen LogP contribution in [0.25, 0.3) is 0 Å². The first-order valence-corrected chi connectivity index (χ1v) is 6.24. The van der Waals surface area contributed by atoms with Crippen LogP contribution in [0.15, 0.2) is 48.8 Å². The molecule has 0 spiro atoms. The molecule has 1 unspecified atom stereocenters. The minimum Gasteiger partial charge on any atom is -0.388 e. The molecule has 0 radical (unpaired) electrons. The van der Waals surface area contributed by atoms with Crippen LogP contribution in [0, 0.1) is 5.82 Å². The summed E-state index contributed by atoms with van der Waals surface area (Å²) in [6.07, 6.45) is 2.19. The predicted molar refractivity (Wildman–Crippen MR) is 72.1 cm³/mol. The molecule has 1 amide bonds. The highest BCUT2D eigenvalue weighted by Crippen LogP contribution is 2.17. The summed E-state index contributed by atoms with van der Waals surface area (Å²) in [7, 11) is 0. The van der Waals surface area contributed by atoms with E-state index in [1.165, 1.54) is 18.2 Å². The third-order valence-corrected chi connectivity index (χ3v) is 2.82. The molecular formula is C15H15FN2O2. The molecule has 0 saturated carbocycles. The highest BCUT2D eigenvalue weighted by atomic mass is 19.1. The van der Waals surface area contributed by atoms with Crippen LogP contribution in [-0.4, -0.2) is 16.0 Å². The third-order valence-electron chi connectivity index (χ3n) is 2.82. The van der Waals surface area contributed by atoms with Gasteiger partial charge in [0.05, 0.1) is 12.5 Å². The molecule has 2 N–H and O–H groups in total. The maximum absolute atomic E-state index is 13.0. The number of rotatable bonds is 5. The Morgan fingerprint density at radius 2 is 2.20 bits per heavy atom. The van der Waals surface area contributed by atoms with Gasteiger partial charge < -0.3 is 10.4 Å². The average Bonchev–Trinajstić information content (AvgIpc) is 2.46. The lowest BCUT2D eigenvalue weighted by Crippen LogP contribution is -2.24. The van der Waals surface area contributed by atoms with Gasteiger partial charge >= 0.3 is 0 Å². The van der Waals surface area contributed by atoms with Crippen molar-refractivity contribution >= 4 is 5.91 Å². The molecule has 0 bridgehead atoms. The van der Waals surface area contributed by atoms with Crippen molar-refractivity contribution in [3.63, 3.8) is 0 Å². The number of nitrogens with zero attached hydrogens (tertiary/aromatic N) is 1. The van der Waals surface area contributed by atoms with Gasteiger partial charge in [0.1, 0.15) is 5.82 Å². The van der Waals surface area contributed by atoms with Gasteiger partial charge in [0.15, 0.2) is 0 Å². The summed E-state index contributed by atoms with van der Waals surface area (Å²) in [4.78, 5) is 15.6. The SMILES string of the molecule is O=C(CC(O)c1cccc(F)c1)NCc1cccnc1. The smallest absolute Gasteiger partial charge is 0.223 e. The van der Waals surface area contributed by atoms with Gasteiger partial charge in [-0.1, -0.05) is 18.2 Å². The number of amides is 1. The second kappa shape index (κ2) is 6.77. The molecule has 2 aromatic rings. The number of hydrogen-bond acceptors (Lipinski definition) is 3. The Hall–Kier alpha value is -2.27. The zero-order chi connectivity index (χ0) is 14.4. The first kappa shape index (κ1) is 14.1. The second-order valence-electron chi connectivity index (χ2n) is 4.41. The van der Waals surface area contributed by atoms with Crippen molar-refractivity contribution in [1.82, 2.24) is 10.3 Å². The van der Waals surface area contributed by atoms with Crippen LogP contribution < -0.4 is 5.32 Å². The van der Waals surface area contributed by atoms with Crippen molar-refractivity contribution in [3.05, 3.63) is 65.7 Å². The molecule has 0 fully saturated rings. The van der Waals surface area contributed by atoms with Crippen molar-refractivity contribution in [2.75, 3.05) is 0 Å². The number of aromatic nitrogens is 1. The van der Waals surface area contributed by atoms with Crippen molar-refractivity contribution in [1.29, 1.82) is 0 Å². The second-order valence-corrected chi connectivity index (χ2v) is 4.41. The molecule has 0 aliphatic heterocycles. The normalized spacial score (nSPS) is 11.9. The standard InChI is InChI=1S/C15H15FN2O2/c16-13-5-1-4-12(7-13)14(19)8-15(20)18-10-11-3-2-6-17-9-11/h1-7,9,14,19H,8,10H2,(H,18,20). The molecule has 1 heterocycles. The summed E-state index contributed by atoms with van der Waals surface area (Å²) >= 11 is 0. The molecular weight excluding hydrogens is 259 g/mol. The number of aliphatic hydroxyl groups is 1. The fraction of sp³-hybridized carbons (Fsp3) is 0.200. The van der Waals surface area contributed by atoms with E-state index in [9.17, 15) is 14.3 Å². The van der Waals surface area contributed by atoms with Crippen molar-refractivity contribution in [2.45, 2.75) is 19.1 Å². The van der Waals surface area contributed by atoms with E-state index >= 15 is 0 Å². The number of halogens is 1. The van der Waals surface area contributed by atoms with Crippen LogP contribution in [0.4, 0.5) is 4.39 Å². The molecule has 1 aromatic carbocycles. The number of aliphatic hydroxyl groups excluding tert-OH is 1. The number of benzene rings is 1. The zero-order valence-corrected chi connectivity index (χ0v) is 10.8. The Kier molecular flexibility index (Phi) is 4.79. The summed E-state index contributed by atoms with van der Waals surface area (Å²) in [5.74, 6) is -0.733. The minimum atomic E-state index is -1.01. The maximum Gasteiger partial charge on any atom is 0.223 e. The van der Waals surface area contributed by atoms with E-state index < -0.39 is 11.9 Å². The van der Waals surface area contributed by atoms with Crippen molar-refractivity contribution < 1.29 is 14.3 Å². The van der Waals surface area contributed by atoms with Gasteiger partial charge in [-0.15, -0.1) is 0 Å². The topological polar surface area (TPSA) is 62.2 Å². The van der Waals surface area contributed by atoms with Gasteiger partial charge in [-0.3, -0.25) is 9.78 Å². The maximum atomic E-state index is 13.0. The Morgan fingerprint density at radius 3 is 2.90 bits per heavy atom. The molecule has 20 heavy (non-hydrogen) atoms. The highest BCUT2D eigenvalue weighted by Gasteiger charge is 2.13. The average molecular weight is 274 g/mol. The summed E-state index contributed by atoms with van der Waals surface area (Å²) in [6.45, 7) is 0.350.